The van der Waals surface area contributed by atoms with Gasteiger partial charge in [0.2, 0.25) is 0 Å². The molecule has 4 aromatic rings. The molecule has 0 saturated heterocycles. The van der Waals surface area contributed by atoms with Gasteiger partial charge in [-0.2, -0.15) is 5.26 Å². The van der Waals surface area contributed by atoms with Crippen molar-refractivity contribution in [1.29, 1.82) is 5.26 Å². The third kappa shape index (κ3) is 4.60. The number of benzene rings is 3. The third-order valence-electron chi connectivity index (χ3n) is 5.40. The standard InChI is InChI=1S/C27H22FN3O/c1-19(21-7-3-2-4-8-21)30-27(32)22(16-29)15-23-18-31(26-10-6-5-9-25(23)26)17-20-11-13-24(28)14-12-20/h2-15,18-19H,17H2,1H3,(H,30,32)/b22-15+/t19-/m1/s1. The van der Waals surface area contributed by atoms with E-state index in [0.29, 0.717) is 6.54 Å². The maximum absolute atomic E-state index is 13.3. The second kappa shape index (κ2) is 9.32. The molecule has 3 aromatic carbocycles. The van der Waals surface area contributed by atoms with E-state index in [1.807, 2.05) is 78.4 Å². The lowest BCUT2D eigenvalue weighted by Crippen LogP contribution is -2.27. The van der Waals surface area contributed by atoms with E-state index in [-0.39, 0.29) is 17.4 Å². The normalized spacial score (nSPS) is 12.3. The summed E-state index contributed by atoms with van der Waals surface area (Å²) in [5.74, 6) is -0.691. The van der Waals surface area contributed by atoms with Crippen molar-refractivity contribution < 1.29 is 9.18 Å². The number of carbonyl (C=O) groups excluding carboxylic acids is 1. The van der Waals surface area contributed by atoms with Gasteiger partial charge in [-0.3, -0.25) is 4.79 Å². The molecule has 1 aromatic heterocycles. The summed E-state index contributed by atoms with van der Waals surface area (Å²) in [5.41, 5.74) is 3.71. The van der Waals surface area contributed by atoms with Crippen LogP contribution >= 0.6 is 0 Å². The number of halogens is 1. The topological polar surface area (TPSA) is 57.8 Å². The highest BCUT2D eigenvalue weighted by Crippen LogP contribution is 2.25. The van der Waals surface area contributed by atoms with Gasteiger partial charge in [0.15, 0.2) is 0 Å². The minimum Gasteiger partial charge on any atom is -0.345 e. The van der Waals surface area contributed by atoms with E-state index in [1.54, 1.807) is 18.2 Å². The van der Waals surface area contributed by atoms with Gasteiger partial charge in [0, 0.05) is 29.2 Å². The van der Waals surface area contributed by atoms with Crippen LogP contribution in [0.3, 0.4) is 0 Å². The number of amides is 1. The molecule has 1 atom stereocenters. The van der Waals surface area contributed by atoms with Crippen LogP contribution in [0.4, 0.5) is 4.39 Å². The van der Waals surface area contributed by atoms with Crippen molar-refractivity contribution in [3.8, 4) is 6.07 Å². The zero-order valence-corrected chi connectivity index (χ0v) is 17.6. The van der Waals surface area contributed by atoms with Gasteiger partial charge in [0.1, 0.15) is 17.5 Å². The number of nitrogens with zero attached hydrogens (tertiary/aromatic N) is 2. The molecule has 32 heavy (non-hydrogen) atoms. The summed E-state index contributed by atoms with van der Waals surface area (Å²) in [6.45, 7) is 2.44. The summed E-state index contributed by atoms with van der Waals surface area (Å²) in [4.78, 5) is 12.8. The van der Waals surface area contributed by atoms with Crippen LogP contribution in [0.15, 0.2) is 90.6 Å². The molecule has 0 aliphatic carbocycles. The molecule has 0 saturated carbocycles. The maximum Gasteiger partial charge on any atom is 0.262 e. The molecule has 1 heterocycles. The Bertz CT molecular complexity index is 1310. The quantitative estimate of drug-likeness (QED) is 0.324. The van der Waals surface area contributed by atoms with Crippen molar-refractivity contribution >= 4 is 22.9 Å². The average molecular weight is 423 g/mol. The van der Waals surface area contributed by atoms with Crippen LogP contribution in [0, 0.1) is 17.1 Å². The number of para-hydroxylation sites is 1. The highest BCUT2D eigenvalue weighted by atomic mass is 19.1. The third-order valence-corrected chi connectivity index (χ3v) is 5.40. The SMILES string of the molecule is C[C@@H](NC(=O)/C(C#N)=C/c1cn(Cc2ccc(F)cc2)c2ccccc12)c1ccccc1. The second-order valence-corrected chi connectivity index (χ2v) is 7.63. The maximum atomic E-state index is 13.3. The van der Waals surface area contributed by atoms with Crippen LogP contribution in [0.25, 0.3) is 17.0 Å². The highest BCUT2D eigenvalue weighted by Gasteiger charge is 2.15. The Balaban J connectivity index is 1.63. The average Bonchev–Trinajstić information content (AvgIpc) is 3.16. The summed E-state index contributed by atoms with van der Waals surface area (Å²) >= 11 is 0. The lowest BCUT2D eigenvalue weighted by Gasteiger charge is -2.13. The minimum absolute atomic E-state index is 0.0393. The molecule has 1 amide bonds. The van der Waals surface area contributed by atoms with Crippen molar-refractivity contribution in [1.82, 2.24) is 9.88 Å². The first kappa shape index (κ1) is 21.1. The smallest absolute Gasteiger partial charge is 0.262 e. The molecule has 158 valence electrons. The first-order valence-electron chi connectivity index (χ1n) is 10.3. The Hall–Kier alpha value is -4.17. The molecule has 0 aliphatic rings. The number of nitriles is 1. The molecule has 4 nitrogen and oxygen atoms in total. The highest BCUT2D eigenvalue weighted by molar-refractivity contribution is 6.04. The summed E-state index contributed by atoms with van der Waals surface area (Å²) < 4.78 is 15.3. The number of hydrogen-bond acceptors (Lipinski definition) is 2. The Morgan fingerprint density at radius 2 is 1.75 bits per heavy atom. The molecule has 4 rings (SSSR count). The molecule has 0 spiro atoms. The van der Waals surface area contributed by atoms with Gasteiger partial charge in [0.25, 0.3) is 5.91 Å². The summed E-state index contributed by atoms with van der Waals surface area (Å²) in [6.07, 6.45) is 3.54. The number of carbonyl (C=O) groups is 1. The van der Waals surface area contributed by atoms with Crippen molar-refractivity contribution in [2.45, 2.75) is 19.5 Å². The molecule has 1 N–H and O–H groups in total. The molecule has 5 heteroatoms. The van der Waals surface area contributed by atoms with Gasteiger partial charge in [-0.1, -0.05) is 60.7 Å². The lowest BCUT2D eigenvalue weighted by molar-refractivity contribution is -0.117. The Morgan fingerprint density at radius 3 is 2.47 bits per heavy atom. The predicted octanol–water partition coefficient (Wildman–Crippen LogP) is 5.61. The van der Waals surface area contributed by atoms with Crippen LogP contribution in [-0.2, 0) is 11.3 Å². The molecule has 0 fully saturated rings. The Labute approximate surface area is 186 Å². The predicted molar refractivity (Wildman–Crippen MR) is 124 cm³/mol. The van der Waals surface area contributed by atoms with E-state index in [4.69, 9.17) is 0 Å². The molecule has 0 bridgehead atoms. The Morgan fingerprint density at radius 1 is 1.06 bits per heavy atom. The van der Waals surface area contributed by atoms with Crippen molar-refractivity contribution in [3.05, 3.63) is 113 Å². The van der Waals surface area contributed by atoms with Gasteiger partial charge in [-0.05, 0) is 42.3 Å². The number of hydrogen-bond donors (Lipinski definition) is 1. The summed E-state index contributed by atoms with van der Waals surface area (Å²) in [5, 5.41) is 13.5. The minimum atomic E-state index is -0.417. The van der Waals surface area contributed by atoms with Crippen LogP contribution in [-0.4, -0.2) is 10.5 Å². The number of fused-ring (bicyclic) bond motifs is 1. The van der Waals surface area contributed by atoms with Crippen LogP contribution in [0.2, 0.25) is 0 Å². The van der Waals surface area contributed by atoms with Crippen LogP contribution in [0.1, 0.15) is 29.7 Å². The fraction of sp³-hybridized carbons (Fsp3) is 0.111. The van der Waals surface area contributed by atoms with E-state index in [1.165, 1.54) is 12.1 Å². The van der Waals surface area contributed by atoms with Gasteiger partial charge in [-0.15, -0.1) is 0 Å². The van der Waals surface area contributed by atoms with Gasteiger partial charge in [0.05, 0.1) is 6.04 Å². The van der Waals surface area contributed by atoms with Gasteiger partial charge in [-0.25, -0.2) is 4.39 Å². The molecular weight excluding hydrogens is 401 g/mol. The first-order chi connectivity index (χ1) is 15.5. The van der Waals surface area contributed by atoms with E-state index < -0.39 is 5.91 Å². The monoisotopic (exact) mass is 423 g/mol. The summed E-state index contributed by atoms with van der Waals surface area (Å²) in [7, 11) is 0. The van der Waals surface area contributed by atoms with E-state index in [9.17, 15) is 14.4 Å². The lowest BCUT2D eigenvalue weighted by atomic mass is 10.1. The zero-order chi connectivity index (χ0) is 22.5. The zero-order valence-electron chi connectivity index (χ0n) is 17.6. The van der Waals surface area contributed by atoms with Crippen LogP contribution < -0.4 is 5.32 Å². The van der Waals surface area contributed by atoms with E-state index in [2.05, 4.69) is 5.32 Å². The number of nitrogens with one attached hydrogen (secondary N) is 1. The van der Waals surface area contributed by atoms with Gasteiger partial charge < -0.3 is 9.88 Å². The second-order valence-electron chi connectivity index (χ2n) is 7.63. The van der Waals surface area contributed by atoms with Crippen LogP contribution in [0.5, 0.6) is 0 Å². The van der Waals surface area contributed by atoms with Crippen molar-refractivity contribution in [3.63, 3.8) is 0 Å². The Kier molecular flexibility index (Phi) is 6.14. The number of rotatable bonds is 6. The summed E-state index contributed by atoms with van der Waals surface area (Å²) in [6, 6.07) is 25.6. The van der Waals surface area contributed by atoms with E-state index in [0.717, 1.165) is 27.6 Å². The molecule has 0 aliphatic heterocycles. The van der Waals surface area contributed by atoms with Gasteiger partial charge >= 0.3 is 0 Å². The largest absolute Gasteiger partial charge is 0.345 e. The fourth-order valence-corrected chi connectivity index (χ4v) is 3.71. The fourth-order valence-electron chi connectivity index (χ4n) is 3.71. The van der Waals surface area contributed by atoms with Crippen molar-refractivity contribution in [2.24, 2.45) is 0 Å². The van der Waals surface area contributed by atoms with Crippen molar-refractivity contribution in [2.75, 3.05) is 0 Å². The van der Waals surface area contributed by atoms with E-state index >= 15 is 0 Å². The molecule has 0 radical (unpaired) electrons. The number of aromatic nitrogens is 1. The molecule has 0 unspecified atom stereocenters. The first-order valence-corrected chi connectivity index (χ1v) is 10.3. The molecular formula is C27H22FN3O.